The van der Waals surface area contributed by atoms with E-state index >= 15 is 0 Å². The fourth-order valence-corrected chi connectivity index (χ4v) is 1.78. The number of pyridine rings is 1. The van der Waals surface area contributed by atoms with Crippen LogP contribution in [-0.4, -0.2) is 15.3 Å². The maximum absolute atomic E-state index is 10.7. The van der Waals surface area contributed by atoms with Crippen molar-refractivity contribution < 1.29 is 5.21 Å². The summed E-state index contributed by atoms with van der Waals surface area (Å²) < 4.78 is 0. The smallest absolute Gasteiger partial charge is 0.176 e. The van der Waals surface area contributed by atoms with Gasteiger partial charge in [0.1, 0.15) is 5.82 Å². The van der Waals surface area contributed by atoms with Gasteiger partial charge >= 0.3 is 0 Å². The number of anilines is 3. The van der Waals surface area contributed by atoms with Crippen LogP contribution in [-0.2, 0) is 0 Å². The second-order valence-electron chi connectivity index (χ2n) is 4.12. The van der Waals surface area contributed by atoms with E-state index in [0.29, 0.717) is 16.6 Å². The summed E-state index contributed by atoms with van der Waals surface area (Å²) >= 11 is 5.16. The predicted octanol–water partition coefficient (Wildman–Crippen LogP) is 2.89. The molecule has 0 aliphatic carbocycles. The van der Waals surface area contributed by atoms with Gasteiger partial charge in [0.05, 0.1) is 5.69 Å². The molecule has 2 aromatic rings. The lowest BCUT2D eigenvalue weighted by Crippen LogP contribution is -2.19. The molecule has 1 aromatic carbocycles. The van der Waals surface area contributed by atoms with Gasteiger partial charge in [0.25, 0.3) is 0 Å². The van der Waals surface area contributed by atoms with E-state index in [1.165, 1.54) is 12.1 Å². The van der Waals surface area contributed by atoms with Gasteiger partial charge in [-0.3, -0.25) is 5.21 Å². The van der Waals surface area contributed by atoms with E-state index in [1.54, 1.807) is 18.3 Å². The summed E-state index contributed by atoms with van der Waals surface area (Å²) in [5.74, 6) is 0.653. The topological polar surface area (TPSA) is 83.5 Å². The SMILES string of the molecule is Cc1ccnc(NC(=S)Nc2ccc(N([O-])O)cc2)c1. The molecular weight excluding hydrogens is 276 g/mol. The highest BCUT2D eigenvalue weighted by Gasteiger charge is 2.00. The van der Waals surface area contributed by atoms with E-state index in [-0.39, 0.29) is 10.9 Å². The summed E-state index contributed by atoms with van der Waals surface area (Å²) in [6, 6.07) is 9.98. The predicted molar refractivity (Wildman–Crippen MR) is 82.9 cm³/mol. The van der Waals surface area contributed by atoms with Crippen molar-refractivity contribution in [3.63, 3.8) is 0 Å². The standard InChI is InChI=1S/C13H13N4O2S/c1-9-6-7-14-12(8-9)16-13(20)15-10-2-4-11(5-3-10)17(18)19/h2-8,18H,1H3,(H2,14,15,16,20)/q-1. The number of rotatable bonds is 3. The minimum atomic E-state index is -0.197. The third kappa shape index (κ3) is 3.89. The van der Waals surface area contributed by atoms with Crippen molar-refractivity contribution in [3.8, 4) is 0 Å². The van der Waals surface area contributed by atoms with Crippen molar-refractivity contribution in [2.75, 3.05) is 15.9 Å². The highest BCUT2D eigenvalue weighted by molar-refractivity contribution is 7.80. The van der Waals surface area contributed by atoms with Gasteiger partial charge in [0.15, 0.2) is 5.11 Å². The van der Waals surface area contributed by atoms with E-state index in [2.05, 4.69) is 15.6 Å². The van der Waals surface area contributed by atoms with Crippen LogP contribution in [0.5, 0.6) is 0 Å². The zero-order chi connectivity index (χ0) is 14.5. The fraction of sp³-hybridized carbons (Fsp3) is 0.0769. The van der Waals surface area contributed by atoms with E-state index in [1.807, 2.05) is 19.1 Å². The van der Waals surface area contributed by atoms with Crippen LogP contribution in [0.1, 0.15) is 5.56 Å². The molecule has 0 fully saturated rings. The van der Waals surface area contributed by atoms with Gasteiger partial charge in [-0.05, 0) is 61.1 Å². The van der Waals surface area contributed by atoms with Crippen molar-refractivity contribution in [1.29, 1.82) is 0 Å². The Balaban J connectivity index is 1.97. The van der Waals surface area contributed by atoms with Crippen LogP contribution in [0.3, 0.4) is 0 Å². The molecular formula is C13H13N4O2S-. The molecule has 2 rings (SSSR count). The Morgan fingerprint density at radius 3 is 2.55 bits per heavy atom. The molecule has 104 valence electrons. The summed E-state index contributed by atoms with van der Waals surface area (Å²) in [7, 11) is 0. The molecule has 1 aromatic heterocycles. The van der Waals surface area contributed by atoms with Crippen molar-refractivity contribution in [2.45, 2.75) is 6.92 Å². The zero-order valence-corrected chi connectivity index (χ0v) is 11.5. The molecule has 0 aliphatic heterocycles. The number of hydrogen-bond acceptors (Lipinski definition) is 5. The quantitative estimate of drug-likeness (QED) is 0.592. The first-order valence-electron chi connectivity index (χ1n) is 5.81. The molecule has 0 saturated heterocycles. The summed E-state index contributed by atoms with van der Waals surface area (Å²) in [4.78, 5) is 4.14. The van der Waals surface area contributed by atoms with Crippen molar-refractivity contribution in [2.24, 2.45) is 0 Å². The molecule has 0 bridgehead atoms. The molecule has 6 nitrogen and oxygen atoms in total. The number of nitrogens with one attached hydrogen (secondary N) is 2. The lowest BCUT2D eigenvalue weighted by Gasteiger charge is -2.21. The van der Waals surface area contributed by atoms with E-state index in [4.69, 9.17) is 17.4 Å². The first-order chi connectivity index (χ1) is 9.54. The maximum atomic E-state index is 10.7. The molecule has 0 radical (unpaired) electrons. The summed E-state index contributed by atoms with van der Waals surface area (Å²) in [6.45, 7) is 1.96. The monoisotopic (exact) mass is 289 g/mol. The highest BCUT2D eigenvalue weighted by atomic mass is 32.1. The molecule has 0 amide bonds. The number of thiocarbonyl (C=S) groups is 1. The molecule has 20 heavy (non-hydrogen) atoms. The van der Waals surface area contributed by atoms with Crippen molar-refractivity contribution >= 4 is 34.5 Å². The first-order valence-corrected chi connectivity index (χ1v) is 6.22. The van der Waals surface area contributed by atoms with Crippen molar-refractivity contribution in [1.82, 2.24) is 4.98 Å². The van der Waals surface area contributed by atoms with Crippen LogP contribution < -0.4 is 15.9 Å². The lowest BCUT2D eigenvalue weighted by molar-refractivity contribution is 0.296. The van der Waals surface area contributed by atoms with Gasteiger partial charge < -0.3 is 21.1 Å². The van der Waals surface area contributed by atoms with Gasteiger partial charge in [-0.15, -0.1) is 0 Å². The minimum Gasteiger partial charge on any atom is -0.733 e. The minimum absolute atomic E-state index is 0.148. The van der Waals surface area contributed by atoms with Gasteiger partial charge in [0.2, 0.25) is 0 Å². The maximum Gasteiger partial charge on any atom is 0.176 e. The van der Waals surface area contributed by atoms with Crippen LogP contribution in [0.2, 0.25) is 0 Å². The number of nitrogens with zero attached hydrogens (tertiary/aromatic N) is 2. The van der Waals surface area contributed by atoms with Crippen LogP contribution in [0.15, 0.2) is 42.6 Å². The normalized spacial score (nSPS) is 9.95. The third-order valence-electron chi connectivity index (χ3n) is 2.50. The number of aryl methyl sites for hydroxylation is 1. The molecule has 0 atom stereocenters. The van der Waals surface area contributed by atoms with E-state index in [9.17, 15) is 5.21 Å². The van der Waals surface area contributed by atoms with Gasteiger partial charge in [0, 0.05) is 11.9 Å². The van der Waals surface area contributed by atoms with Crippen LogP contribution >= 0.6 is 12.2 Å². The summed E-state index contributed by atoms with van der Waals surface area (Å²) in [6.07, 6.45) is 1.69. The first kappa shape index (κ1) is 14.2. The van der Waals surface area contributed by atoms with Gasteiger partial charge in [-0.2, -0.15) is 0 Å². The summed E-state index contributed by atoms with van der Waals surface area (Å²) in [5, 5.41) is 25.5. The average Bonchev–Trinajstić information content (AvgIpc) is 2.39. The van der Waals surface area contributed by atoms with Crippen LogP contribution in [0.25, 0.3) is 0 Å². The Hall–Kier alpha value is -2.22. The second-order valence-corrected chi connectivity index (χ2v) is 4.53. The molecule has 1 heterocycles. The Bertz CT molecular complexity index is 602. The molecule has 7 heteroatoms. The van der Waals surface area contributed by atoms with E-state index in [0.717, 1.165) is 5.56 Å². The largest absolute Gasteiger partial charge is 0.733 e. The Labute approximate surface area is 121 Å². The van der Waals surface area contributed by atoms with E-state index < -0.39 is 0 Å². The number of benzene rings is 1. The van der Waals surface area contributed by atoms with Gasteiger partial charge in [-0.25, -0.2) is 4.98 Å². The van der Waals surface area contributed by atoms with Crippen molar-refractivity contribution in [3.05, 3.63) is 53.4 Å². The number of aromatic nitrogens is 1. The summed E-state index contributed by atoms with van der Waals surface area (Å²) in [5.41, 5.74) is 1.92. The fourth-order valence-electron chi connectivity index (χ4n) is 1.56. The highest BCUT2D eigenvalue weighted by Crippen LogP contribution is 2.16. The molecule has 0 saturated carbocycles. The Kier molecular flexibility index (Phi) is 4.46. The molecule has 3 N–H and O–H groups in total. The second kappa shape index (κ2) is 6.29. The lowest BCUT2D eigenvalue weighted by atomic mass is 10.3. The van der Waals surface area contributed by atoms with Crippen LogP contribution in [0, 0.1) is 12.1 Å². The Morgan fingerprint density at radius 2 is 1.95 bits per heavy atom. The average molecular weight is 289 g/mol. The van der Waals surface area contributed by atoms with Crippen LogP contribution in [0.4, 0.5) is 17.2 Å². The molecule has 0 spiro atoms. The number of hydrogen-bond donors (Lipinski definition) is 3. The Morgan fingerprint density at radius 1 is 1.25 bits per heavy atom. The molecule has 0 unspecified atom stereocenters. The molecule has 0 aliphatic rings. The third-order valence-corrected chi connectivity index (χ3v) is 2.71. The zero-order valence-electron chi connectivity index (χ0n) is 10.7. The van der Waals surface area contributed by atoms with Gasteiger partial charge in [-0.1, -0.05) is 0 Å².